The van der Waals surface area contributed by atoms with Crippen molar-refractivity contribution in [3.05, 3.63) is 40.3 Å². The first-order chi connectivity index (χ1) is 17.1. The summed E-state index contributed by atoms with van der Waals surface area (Å²) in [6.45, 7) is 4.34. The molecule has 1 atom stereocenters. The van der Waals surface area contributed by atoms with Crippen LogP contribution in [-0.4, -0.2) is 87.5 Å². The van der Waals surface area contributed by atoms with Gasteiger partial charge in [0.15, 0.2) is 5.52 Å². The maximum absolute atomic E-state index is 13.6. The van der Waals surface area contributed by atoms with Crippen molar-refractivity contribution in [2.75, 3.05) is 32.8 Å². The van der Waals surface area contributed by atoms with Crippen LogP contribution in [0.25, 0.3) is 22.4 Å². The molecule has 1 aliphatic heterocycles. The van der Waals surface area contributed by atoms with Gasteiger partial charge in [-0.3, -0.25) is 19.2 Å². The molecule has 36 heavy (non-hydrogen) atoms. The molecule has 1 aliphatic rings. The number of hydrogen-bond donors (Lipinski definition) is 2. The number of rotatable bonds is 9. The molecule has 0 bridgehead atoms. The fourth-order valence-electron chi connectivity index (χ4n) is 4.45. The van der Waals surface area contributed by atoms with Crippen LogP contribution in [0, 0.1) is 0 Å². The van der Waals surface area contributed by atoms with E-state index < -0.39 is 22.2 Å². The van der Waals surface area contributed by atoms with Crippen LogP contribution < -0.4 is 5.56 Å². The van der Waals surface area contributed by atoms with E-state index in [1.807, 2.05) is 6.92 Å². The molecule has 4 rings (SSSR count). The van der Waals surface area contributed by atoms with Crippen LogP contribution >= 0.6 is 0 Å². The van der Waals surface area contributed by atoms with Crippen molar-refractivity contribution in [1.29, 1.82) is 0 Å². The Balaban J connectivity index is 1.70. The molecule has 3 aromatic rings. The van der Waals surface area contributed by atoms with Crippen LogP contribution in [0.1, 0.15) is 26.0 Å². The summed E-state index contributed by atoms with van der Waals surface area (Å²) >= 11 is 0. The van der Waals surface area contributed by atoms with E-state index in [0.717, 1.165) is 6.42 Å². The first-order valence-corrected chi connectivity index (χ1v) is 13.2. The number of benzene rings is 1. The van der Waals surface area contributed by atoms with Crippen LogP contribution in [0.5, 0.6) is 0 Å². The Bertz CT molecular complexity index is 1430. The number of nitrogens with zero attached hydrogens (tertiary/aromatic N) is 5. The number of aromatic nitrogens is 4. The number of H-pyrrole nitrogens is 1. The van der Waals surface area contributed by atoms with Gasteiger partial charge in [-0.2, -0.15) is 9.40 Å². The van der Waals surface area contributed by atoms with Crippen LogP contribution in [0.3, 0.4) is 0 Å². The minimum atomic E-state index is -3.98. The lowest BCUT2D eigenvalue weighted by molar-refractivity contribution is -0.140. The maximum atomic E-state index is 13.6. The SMILES string of the molecule is CCCc1nn(C)c2c(=O)[nH]c(-c3cccc(S(=O)(=O)N4CCN(CC(=O)O)CC4OCC)c3)nc12. The molecule has 1 aromatic carbocycles. The van der Waals surface area contributed by atoms with Crippen molar-refractivity contribution in [3.8, 4) is 11.4 Å². The fourth-order valence-corrected chi connectivity index (χ4v) is 6.01. The standard InChI is InChI=1S/C23H30N6O6S/c1-4-7-17-20-21(27(3)26-17)23(32)25-22(24-20)15-8-6-9-16(12-15)36(33,34)29-11-10-28(14-19(30)31)13-18(29)35-5-2/h6,8-9,12,18H,4-5,7,10-11,13-14H2,1-3H3,(H,30,31)(H,24,25,32). The second-order valence-corrected chi connectivity index (χ2v) is 10.5. The molecule has 0 aliphatic carbocycles. The summed E-state index contributed by atoms with van der Waals surface area (Å²) in [5.41, 5.74) is 1.66. The number of fused-ring (bicyclic) bond motifs is 1. The number of piperazine rings is 1. The average Bonchev–Trinajstić information content (AvgIpc) is 3.15. The van der Waals surface area contributed by atoms with Gasteiger partial charge in [0, 0.05) is 38.9 Å². The van der Waals surface area contributed by atoms with Crippen LogP contribution in [0.2, 0.25) is 0 Å². The summed E-state index contributed by atoms with van der Waals surface area (Å²) in [7, 11) is -2.29. The summed E-state index contributed by atoms with van der Waals surface area (Å²) in [5, 5.41) is 13.5. The molecule has 0 amide bonds. The Labute approximate surface area is 208 Å². The minimum absolute atomic E-state index is 0.0269. The molecule has 3 heterocycles. The number of aromatic amines is 1. The number of sulfonamides is 1. The highest BCUT2D eigenvalue weighted by Crippen LogP contribution is 2.26. The smallest absolute Gasteiger partial charge is 0.317 e. The summed E-state index contributed by atoms with van der Waals surface area (Å²) in [5.74, 6) is -0.731. The number of aliphatic carboxylic acids is 1. The molecule has 2 N–H and O–H groups in total. The number of carboxylic acid groups (broad SMARTS) is 1. The zero-order chi connectivity index (χ0) is 26.0. The monoisotopic (exact) mass is 518 g/mol. The predicted octanol–water partition coefficient (Wildman–Crippen LogP) is 1.03. The lowest BCUT2D eigenvalue weighted by atomic mass is 10.2. The highest BCUT2D eigenvalue weighted by atomic mass is 32.2. The Morgan fingerprint density at radius 1 is 1.28 bits per heavy atom. The maximum Gasteiger partial charge on any atom is 0.317 e. The average molecular weight is 519 g/mol. The van der Waals surface area contributed by atoms with Gasteiger partial charge in [-0.15, -0.1) is 0 Å². The number of nitrogens with one attached hydrogen (secondary N) is 1. The van der Waals surface area contributed by atoms with Crippen LogP contribution in [-0.2, 0) is 33.0 Å². The Morgan fingerprint density at radius 3 is 2.75 bits per heavy atom. The molecule has 2 aromatic heterocycles. The molecule has 1 unspecified atom stereocenters. The van der Waals surface area contributed by atoms with E-state index in [4.69, 9.17) is 9.84 Å². The van der Waals surface area contributed by atoms with Gasteiger partial charge in [-0.1, -0.05) is 25.5 Å². The molecule has 12 nitrogen and oxygen atoms in total. The summed E-state index contributed by atoms with van der Waals surface area (Å²) in [6.07, 6.45) is 0.677. The summed E-state index contributed by atoms with van der Waals surface area (Å²) < 4.78 is 35.7. The molecule has 0 radical (unpaired) electrons. The van der Waals surface area contributed by atoms with Gasteiger partial charge in [-0.25, -0.2) is 13.4 Å². The first kappa shape index (κ1) is 25.9. The third kappa shape index (κ3) is 5.05. The lowest BCUT2D eigenvalue weighted by Gasteiger charge is -2.39. The number of ether oxygens (including phenoxy) is 1. The van der Waals surface area contributed by atoms with Crippen molar-refractivity contribution in [2.45, 2.75) is 37.8 Å². The number of carbonyl (C=O) groups is 1. The van der Waals surface area contributed by atoms with E-state index in [9.17, 15) is 18.0 Å². The van der Waals surface area contributed by atoms with Gasteiger partial charge in [0.2, 0.25) is 10.0 Å². The second kappa shape index (κ2) is 10.5. The molecular weight excluding hydrogens is 488 g/mol. The van der Waals surface area contributed by atoms with Gasteiger partial charge < -0.3 is 14.8 Å². The van der Waals surface area contributed by atoms with Gasteiger partial charge >= 0.3 is 5.97 Å². The molecule has 13 heteroatoms. The molecular formula is C23H30N6O6S. The minimum Gasteiger partial charge on any atom is -0.480 e. The Hall–Kier alpha value is -3.13. The normalized spacial score (nSPS) is 17.6. The van der Waals surface area contributed by atoms with E-state index >= 15 is 0 Å². The van der Waals surface area contributed by atoms with Crippen molar-refractivity contribution >= 4 is 27.0 Å². The first-order valence-electron chi connectivity index (χ1n) is 11.8. The van der Waals surface area contributed by atoms with E-state index in [2.05, 4.69) is 15.1 Å². The molecule has 0 saturated carbocycles. The van der Waals surface area contributed by atoms with Crippen molar-refractivity contribution < 1.29 is 23.1 Å². The van der Waals surface area contributed by atoms with E-state index in [1.54, 1.807) is 31.0 Å². The predicted molar refractivity (Wildman–Crippen MR) is 132 cm³/mol. The third-order valence-electron chi connectivity index (χ3n) is 6.05. The summed E-state index contributed by atoms with van der Waals surface area (Å²) in [6, 6.07) is 6.24. The van der Waals surface area contributed by atoms with Crippen molar-refractivity contribution in [1.82, 2.24) is 29.0 Å². The van der Waals surface area contributed by atoms with Gasteiger partial charge in [0.05, 0.1) is 17.1 Å². The lowest BCUT2D eigenvalue weighted by Crippen LogP contribution is -2.56. The Morgan fingerprint density at radius 2 is 2.06 bits per heavy atom. The van der Waals surface area contributed by atoms with Crippen molar-refractivity contribution in [2.24, 2.45) is 7.05 Å². The van der Waals surface area contributed by atoms with Crippen LogP contribution in [0.15, 0.2) is 34.0 Å². The Kier molecular flexibility index (Phi) is 7.54. The molecule has 0 spiro atoms. The van der Waals surface area contributed by atoms with Gasteiger partial charge in [0.1, 0.15) is 17.6 Å². The van der Waals surface area contributed by atoms with E-state index in [0.29, 0.717) is 28.7 Å². The number of hydrogen-bond acceptors (Lipinski definition) is 8. The van der Waals surface area contributed by atoms with Crippen molar-refractivity contribution in [3.63, 3.8) is 0 Å². The van der Waals surface area contributed by atoms with Crippen LogP contribution in [0.4, 0.5) is 0 Å². The van der Waals surface area contributed by atoms with E-state index in [1.165, 1.54) is 21.1 Å². The second-order valence-electron chi connectivity index (χ2n) is 8.61. The molecule has 1 fully saturated rings. The molecule has 194 valence electrons. The fraction of sp³-hybridized carbons (Fsp3) is 0.478. The van der Waals surface area contributed by atoms with Gasteiger partial charge in [-0.05, 0) is 25.5 Å². The summed E-state index contributed by atoms with van der Waals surface area (Å²) in [4.78, 5) is 33.0. The van der Waals surface area contributed by atoms with Gasteiger partial charge in [0.25, 0.3) is 5.56 Å². The number of aryl methyl sites for hydroxylation is 2. The highest BCUT2D eigenvalue weighted by Gasteiger charge is 2.37. The zero-order valence-corrected chi connectivity index (χ0v) is 21.3. The third-order valence-corrected chi connectivity index (χ3v) is 7.94. The quantitative estimate of drug-likeness (QED) is 0.423. The topological polar surface area (TPSA) is 151 Å². The largest absolute Gasteiger partial charge is 0.480 e. The zero-order valence-electron chi connectivity index (χ0n) is 20.5. The highest BCUT2D eigenvalue weighted by molar-refractivity contribution is 7.89. The van der Waals surface area contributed by atoms with E-state index in [-0.39, 0.29) is 49.1 Å². The number of carboxylic acids is 1. The molecule has 1 saturated heterocycles.